The summed E-state index contributed by atoms with van der Waals surface area (Å²) in [5.41, 5.74) is 1.93. The lowest BCUT2D eigenvalue weighted by molar-refractivity contribution is -0.138. The minimum absolute atomic E-state index is 0.000716. The first-order valence-electron chi connectivity index (χ1n) is 6.19. The second-order valence-electron chi connectivity index (χ2n) is 4.93. The van der Waals surface area contributed by atoms with E-state index in [4.69, 9.17) is 5.11 Å². The van der Waals surface area contributed by atoms with Gasteiger partial charge in [-0.1, -0.05) is 6.07 Å². The number of aliphatic carboxylic acids is 1. The van der Waals surface area contributed by atoms with Crippen molar-refractivity contribution in [1.82, 2.24) is 0 Å². The summed E-state index contributed by atoms with van der Waals surface area (Å²) in [6, 6.07) is 5.81. The molecule has 1 fully saturated rings. The molecule has 2 unspecified atom stereocenters. The molecule has 18 heavy (non-hydrogen) atoms. The van der Waals surface area contributed by atoms with Crippen LogP contribution in [0.2, 0.25) is 0 Å². The molecule has 1 saturated carbocycles. The summed E-state index contributed by atoms with van der Waals surface area (Å²) < 4.78 is 0. The number of carboxylic acid groups (broad SMARTS) is 1. The molecule has 2 atom stereocenters. The third-order valence-electron chi connectivity index (χ3n) is 3.64. The molecular weight excluding hydrogens is 248 g/mol. The van der Waals surface area contributed by atoms with Gasteiger partial charge in [-0.25, -0.2) is 0 Å². The molecule has 1 aliphatic carbocycles. The topological polar surface area (TPSA) is 54.4 Å². The largest absolute Gasteiger partial charge is 0.481 e. The van der Waals surface area contributed by atoms with Gasteiger partial charge < -0.3 is 5.11 Å². The first-order valence-corrected chi connectivity index (χ1v) is 7.18. The lowest BCUT2D eigenvalue weighted by Crippen LogP contribution is -2.09. The number of benzene rings is 1. The SMILES string of the molecule is O=C(O)C1CC1C(=O)c1ccc2c(c1)CCCS2. The molecular formula is C14H14O3S. The van der Waals surface area contributed by atoms with Crippen LogP contribution in [0.25, 0.3) is 0 Å². The zero-order valence-electron chi connectivity index (χ0n) is 9.89. The highest BCUT2D eigenvalue weighted by atomic mass is 32.2. The molecule has 0 radical (unpaired) electrons. The number of rotatable bonds is 3. The van der Waals surface area contributed by atoms with Crippen LogP contribution in [0.3, 0.4) is 0 Å². The molecule has 94 valence electrons. The molecule has 3 rings (SSSR count). The number of thioether (sulfide) groups is 1. The third kappa shape index (κ3) is 2.05. The molecule has 0 bridgehead atoms. The molecule has 0 amide bonds. The monoisotopic (exact) mass is 262 g/mol. The van der Waals surface area contributed by atoms with Crippen molar-refractivity contribution in [2.45, 2.75) is 24.2 Å². The van der Waals surface area contributed by atoms with Crippen LogP contribution < -0.4 is 0 Å². The van der Waals surface area contributed by atoms with Crippen molar-refractivity contribution in [3.8, 4) is 0 Å². The summed E-state index contributed by atoms with van der Waals surface area (Å²) in [5.74, 6) is -0.452. The van der Waals surface area contributed by atoms with Gasteiger partial charge in [0, 0.05) is 16.4 Å². The first-order chi connectivity index (χ1) is 8.66. The number of fused-ring (bicyclic) bond motifs is 1. The predicted molar refractivity (Wildman–Crippen MR) is 69.1 cm³/mol. The Morgan fingerprint density at radius 2 is 2.11 bits per heavy atom. The fourth-order valence-corrected chi connectivity index (χ4v) is 3.50. The van der Waals surface area contributed by atoms with E-state index in [-0.39, 0.29) is 11.7 Å². The molecule has 0 saturated heterocycles. The fraction of sp³-hybridized carbons (Fsp3) is 0.429. The van der Waals surface area contributed by atoms with Crippen LogP contribution in [-0.2, 0) is 11.2 Å². The number of carbonyl (C=O) groups is 2. The quantitative estimate of drug-likeness (QED) is 0.851. The fourth-order valence-electron chi connectivity index (χ4n) is 2.49. The summed E-state index contributed by atoms with van der Waals surface area (Å²) >= 11 is 1.83. The smallest absolute Gasteiger partial charge is 0.307 e. The van der Waals surface area contributed by atoms with Gasteiger partial charge in [-0.15, -0.1) is 11.8 Å². The highest BCUT2D eigenvalue weighted by Crippen LogP contribution is 2.41. The van der Waals surface area contributed by atoms with Crippen molar-refractivity contribution in [3.63, 3.8) is 0 Å². The second-order valence-corrected chi connectivity index (χ2v) is 6.06. The van der Waals surface area contributed by atoms with Crippen molar-refractivity contribution < 1.29 is 14.7 Å². The van der Waals surface area contributed by atoms with Gasteiger partial charge >= 0.3 is 5.97 Å². The number of carbonyl (C=O) groups excluding carboxylic acids is 1. The van der Waals surface area contributed by atoms with Crippen molar-refractivity contribution in [2.24, 2.45) is 11.8 Å². The molecule has 1 heterocycles. The average Bonchev–Trinajstić information content (AvgIpc) is 3.17. The summed E-state index contributed by atoms with van der Waals surface area (Å²) in [6.07, 6.45) is 2.67. The van der Waals surface area contributed by atoms with E-state index in [0.717, 1.165) is 18.6 Å². The molecule has 3 nitrogen and oxygen atoms in total. The van der Waals surface area contributed by atoms with Crippen LogP contribution in [0, 0.1) is 11.8 Å². The number of aryl methyl sites for hydroxylation is 1. The van der Waals surface area contributed by atoms with Crippen LogP contribution in [-0.4, -0.2) is 22.6 Å². The zero-order chi connectivity index (χ0) is 12.7. The average molecular weight is 262 g/mol. The van der Waals surface area contributed by atoms with Gasteiger partial charge in [0.2, 0.25) is 0 Å². The number of Topliss-reactive ketones (excluding diaryl/α,β-unsaturated/α-hetero) is 1. The lowest BCUT2D eigenvalue weighted by Gasteiger charge is -2.15. The van der Waals surface area contributed by atoms with E-state index in [0.29, 0.717) is 12.0 Å². The van der Waals surface area contributed by atoms with Crippen LogP contribution in [0.5, 0.6) is 0 Å². The van der Waals surface area contributed by atoms with E-state index in [9.17, 15) is 9.59 Å². The van der Waals surface area contributed by atoms with Crippen molar-refractivity contribution in [2.75, 3.05) is 5.75 Å². The maximum atomic E-state index is 12.1. The van der Waals surface area contributed by atoms with E-state index in [1.807, 2.05) is 30.0 Å². The van der Waals surface area contributed by atoms with Gasteiger partial charge in [-0.2, -0.15) is 0 Å². The summed E-state index contributed by atoms with van der Waals surface area (Å²) in [6.45, 7) is 0. The number of hydrogen-bond donors (Lipinski definition) is 1. The molecule has 4 heteroatoms. The molecule has 1 aromatic carbocycles. The Bertz CT molecular complexity index is 524. The van der Waals surface area contributed by atoms with Crippen molar-refractivity contribution in [1.29, 1.82) is 0 Å². The van der Waals surface area contributed by atoms with Crippen LogP contribution >= 0.6 is 11.8 Å². The van der Waals surface area contributed by atoms with Crippen LogP contribution in [0.4, 0.5) is 0 Å². The van der Waals surface area contributed by atoms with E-state index in [1.165, 1.54) is 10.5 Å². The van der Waals surface area contributed by atoms with Gasteiger partial charge in [-0.3, -0.25) is 9.59 Å². The van der Waals surface area contributed by atoms with Crippen LogP contribution in [0.1, 0.15) is 28.8 Å². The Labute approximate surface area is 110 Å². The molecule has 1 aromatic rings. The highest BCUT2D eigenvalue weighted by molar-refractivity contribution is 7.99. The van der Waals surface area contributed by atoms with E-state index >= 15 is 0 Å². The van der Waals surface area contributed by atoms with Gasteiger partial charge in [0.05, 0.1) is 5.92 Å². The van der Waals surface area contributed by atoms with Gasteiger partial charge in [-0.05, 0) is 42.7 Å². The predicted octanol–water partition coefficient (Wildman–Crippen LogP) is 2.63. The maximum absolute atomic E-state index is 12.1. The Morgan fingerprint density at radius 3 is 2.83 bits per heavy atom. The van der Waals surface area contributed by atoms with E-state index in [2.05, 4.69) is 0 Å². The number of hydrogen-bond acceptors (Lipinski definition) is 3. The Balaban J connectivity index is 1.81. The minimum atomic E-state index is -0.845. The highest BCUT2D eigenvalue weighted by Gasteiger charge is 2.48. The van der Waals surface area contributed by atoms with Crippen molar-refractivity contribution >= 4 is 23.5 Å². The summed E-state index contributed by atoms with van der Waals surface area (Å²) in [4.78, 5) is 24.2. The molecule has 2 aliphatic rings. The molecule has 1 N–H and O–H groups in total. The zero-order valence-corrected chi connectivity index (χ0v) is 10.7. The van der Waals surface area contributed by atoms with Crippen LogP contribution in [0.15, 0.2) is 23.1 Å². The van der Waals surface area contributed by atoms with E-state index in [1.54, 1.807) is 0 Å². The second kappa shape index (κ2) is 4.43. The van der Waals surface area contributed by atoms with E-state index < -0.39 is 11.9 Å². The number of carboxylic acids is 1. The van der Waals surface area contributed by atoms with Gasteiger partial charge in [0.15, 0.2) is 5.78 Å². The van der Waals surface area contributed by atoms with Gasteiger partial charge in [0.1, 0.15) is 0 Å². The normalized spacial score (nSPS) is 25.3. The maximum Gasteiger partial charge on any atom is 0.307 e. The summed E-state index contributed by atoms with van der Waals surface area (Å²) in [5, 5.41) is 8.86. The first kappa shape index (κ1) is 11.8. The molecule has 0 spiro atoms. The third-order valence-corrected chi connectivity index (χ3v) is 4.84. The minimum Gasteiger partial charge on any atom is -0.481 e. The number of ketones is 1. The van der Waals surface area contributed by atoms with Gasteiger partial charge in [0.25, 0.3) is 0 Å². The lowest BCUT2D eigenvalue weighted by atomic mass is 10.0. The molecule has 0 aromatic heterocycles. The Morgan fingerprint density at radius 1 is 1.28 bits per heavy atom. The van der Waals surface area contributed by atoms with Crippen molar-refractivity contribution in [3.05, 3.63) is 29.3 Å². The summed E-state index contributed by atoms with van der Waals surface area (Å²) in [7, 11) is 0. The Kier molecular flexibility index (Phi) is 2.90. The molecule has 1 aliphatic heterocycles. The Hall–Kier alpha value is -1.29. The standard InChI is InChI=1S/C14H14O3S/c15-13(10-7-11(10)14(16)17)9-3-4-12-8(6-9)2-1-5-18-12/h3-4,6,10-11H,1-2,5,7H2,(H,16,17).